The molecule has 78 valence electrons. The second kappa shape index (κ2) is 3.73. The highest BCUT2D eigenvalue weighted by molar-refractivity contribution is 5.77. The summed E-state index contributed by atoms with van der Waals surface area (Å²) < 4.78 is 2.07. The molecule has 15 heavy (non-hydrogen) atoms. The van der Waals surface area contributed by atoms with Crippen LogP contribution in [-0.2, 0) is 6.54 Å². The van der Waals surface area contributed by atoms with Gasteiger partial charge in [0.1, 0.15) is 5.82 Å². The van der Waals surface area contributed by atoms with Gasteiger partial charge in [0, 0.05) is 29.3 Å². The first-order valence-corrected chi connectivity index (χ1v) is 4.82. The average molecular weight is 203 g/mol. The van der Waals surface area contributed by atoms with Crippen molar-refractivity contribution >= 4 is 6.29 Å². The van der Waals surface area contributed by atoms with Crippen LogP contribution >= 0.6 is 0 Å². The number of nitrogens with zero attached hydrogens (tertiary/aromatic N) is 2. The Kier molecular flexibility index (Phi) is 2.41. The lowest BCUT2D eigenvalue weighted by atomic mass is 10.3. The quantitative estimate of drug-likeness (QED) is 0.772. The van der Waals surface area contributed by atoms with Gasteiger partial charge in [0.05, 0.1) is 6.54 Å². The molecule has 0 atom stereocenters. The minimum absolute atomic E-state index is 0.679. The molecule has 0 fully saturated rings. The van der Waals surface area contributed by atoms with E-state index in [1.54, 1.807) is 12.4 Å². The number of nitrogens with one attached hydrogen (secondary N) is 1. The maximum atomic E-state index is 10.8. The smallest absolute Gasteiger partial charge is 0.151 e. The highest BCUT2D eigenvalue weighted by Crippen LogP contribution is 2.14. The van der Waals surface area contributed by atoms with Gasteiger partial charge in [-0.25, -0.2) is 4.98 Å². The van der Waals surface area contributed by atoms with Crippen LogP contribution in [-0.4, -0.2) is 20.8 Å². The molecule has 0 radical (unpaired) electrons. The second-order valence-corrected chi connectivity index (χ2v) is 3.57. The minimum atomic E-state index is 0.679. The molecule has 4 heteroatoms. The number of aldehydes is 1. The second-order valence-electron chi connectivity index (χ2n) is 3.57. The van der Waals surface area contributed by atoms with Crippen LogP contribution < -0.4 is 0 Å². The summed E-state index contributed by atoms with van der Waals surface area (Å²) in [7, 11) is 0. The van der Waals surface area contributed by atoms with Crippen molar-refractivity contribution in [2.45, 2.75) is 20.4 Å². The number of imidazole rings is 1. The Morgan fingerprint density at radius 3 is 2.87 bits per heavy atom. The largest absolute Gasteiger partial charge is 0.347 e. The molecule has 4 nitrogen and oxygen atoms in total. The first-order chi connectivity index (χ1) is 7.22. The van der Waals surface area contributed by atoms with Crippen molar-refractivity contribution in [3.05, 3.63) is 41.2 Å². The Morgan fingerprint density at radius 1 is 1.53 bits per heavy atom. The SMILES string of the molecule is Cc1cc(C=O)c(C)n1Cc1ncc[nH]1. The van der Waals surface area contributed by atoms with E-state index in [9.17, 15) is 4.79 Å². The van der Waals surface area contributed by atoms with Crippen LogP contribution in [0.4, 0.5) is 0 Å². The number of aromatic nitrogens is 3. The van der Waals surface area contributed by atoms with Crippen molar-refractivity contribution in [1.29, 1.82) is 0 Å². The summed E-state index contributed by atoms with van der Waals surface area (Å²) in [4.78, 5) is 18.0. The maximum Gasteiger partial charge on any atom is 0.151 e. The lowest BCUT2D eigenvalue weighted by molar-refractivity contribution is 0.112. The molecule has 2 heterocycles. The van der Waals surface area contributed by atoms with E-state index < -0.39 is 0 Å². The zero-order chi connectivity index (χ0) is 10.8. The summed E-state index contributed by atoms with van der Waals surface area (Å²) in [6.45, 7) is 4.61. The van der Waals surface area contributed by atoms with Crippen molar-refractivity contribution in [3.63, 3.8) is 0 Å². The number of hydrogen-bond donors (Lipinski definition) is 1. The molecule has 2 rings (SSSR count). The van der Waals surface area contributed by atoms with Gasteiger partial charge < -0.3 is 9.55 Å². The first kappa shape index (κ1) is 9.71. The third kappa shape index (κ3) is 1.70. The van der Waals surface area contributed by atoms with Gasteiger partial charge in [-0.15, -0.1) is 0 Å². The van der Waals surface area contributed by atoms with Gasteiger partial charge in [0.15, 0.2) is 6.29 Å². The number of hydrogen-bond acceptors (Lipinski definition) is 2. The van der Waals surface area contributed by atoms with Crippen LogP contribution in [0.25, 0.3) is 0 Å². The molecule has 1 N–H and O–H groups in total. The molecule has 0 aliphatic heterocycles. The summed E-state index contributed by atoms with van der Waals surface area (Å²) in [5.41, 5.74) is 2.81. The summed E-state index contributed by atoms with van der Waals surface area (Å²) in [6.07, 6.45) is 4.41. The first-order valence-electron chi connectivity index (χ1n) is 4.82. The number of carbonyl (C=O) groups is 1. The van der Waals surface area contributed by atoms with Gasteiger partial charge in [-0.2, -0.15) is 0 Å². The van der Waals surface area contributed by atoms with Crippen molar-refractivity contribution < 1.29 is 4.79 Å². The van der Waals surface area contributed by atoms with Crippen LogP contribution in [0.1, 0.15) is 27.6 Å². The van der Waals surface area contributed by atoms with Crippen LogP contribution in [0, 0.1) is 13.8 Å². The Morgan fingerprint density at radius 2 is 2.33 bits per heavy atom. The van der Waals surface area contributed by atoms with Gasteiger partial charge in [-0.3, -0.25) is 4.79 Å². The molecular formula is C11H13N3O. The standard InChI is InChI=1S/C11H13N3O/c1-8-5-10(7-15)9(2)14(8)6-11-12-3-4-13-11/h3-5,7H,6H2,1-2H3,(H,12,13). The van der Waals surface area contributed by atoms with Crippen LogP contribution in [0.2, 0.25) is 0 Å². The lowest BCUT2D eigenvalue weighted by Crippen LogP contribution is -2.05. The molecule has 0 aliphatic carbocycles. The van der Waals surface area contributed by atoms with Gasteiger partial charge in [0.25, 0.3) is 0 Å². The van der Waals surface area contributed by atoms with Crippen LogP contribution in [0.15, 0.2) is 18.5 Å². The third-order valence-electron chi connectivity index (χ3n) is 2.60. The van der Waals surface area contributed by atoms with E-state index in [4.69, 9.17) is 0 Å². The molecule has 0 aliphatic rings. The molecule has 0 saturated heterocycles. The molecule has 0 saturated carbocycles. The Labute approximate surface area is 88.0 Å². The van der Waals surface area contributed by atoms with E-state index in [2.05, 4.69) is 14.5 Å². The predicted molar refractivity (Wildman–Crippen MR) is 57.0 cm³/mol. The minimum Gasteiger partial charge on any atom is -0.347 e. The number of carbonyl (C=O) groups excluding carboxylic acids is 1. The summed E-state index contributed by atoms with van der Waals surface area (Å²) in [5.74, 6) is 0.897. The maximum absolute atomic E-state index is 10.8. The molecule has 0 amide bonds. The Bertz CT molecular complexity index is 468. The zero-order valence-corrected chi connectivity index (χ0v) is 8.82. The van der Waals surface area contributed by atoms with Crippen molar-refractivity contribution in [2.24, 2.45) is 0 Å². The molecule has 2 aromatic rings. The van der Waals surface area contributed by atoms with E-state index in [1.165, 1.54) is 0 Å². The number of H-pyrrole nitrogens is 1. The van der Waals surface area contributed by atoms with Gasteiger partial charge in [0.2, 0.25) is 0 Å². The van der Waals surface area contributed by atoms with Gasteiger partial charge in [-0.1, -0.05) is 0 Å². The van der Waals surface area contributed by atoms with Crippen LogP contribution in [0.5, 0.6) is 0 Å². The van der Waals surface area contributed by atoms with Crippen molar-refractivity contribution in [1.82, 2.24) is 14.5 Å². The summed E-state index contributed by atoms with van der Waals surface area (Å²) in [5, 5.41) is 0. The molecule has 0 spiro atoms. The average Bonchev–Trinajstić information content (AvgIpc) is 2.81. The number of rotatable bonds is 3. The third-order valence-corrected chi connectivity index (χ3v) is 2.60. The normalized spacial score (nSPS) is 10.5. The zero-order valence-electron chi connectivity index (χ0n) is 8.82. The summed E-state index contributed by atoms with van der Waals surface area (Å²) >= 11 is 0. The Hall–Kier alpha value is -1.84. The fraction of sp³-hybridized carbons (Fsp3) is 0.273. The Balaban J connectivity index is 2.36. The highest BCUT2D eigenvalue weighted by atomic mass is 16.1. The van der Waals surface area contributed by atoms with Crippen molar-refractivity contribution in [2.75, 3.05) is 0 Å². The molecule has 0 bridgehead atoms. The fourth-order valence-corrected chi connectivity index (χ4v) is 1.72. The molecular weight excluding hydrogens is 190 g/mol. The fourth-order valence-electron chi connectivity index (χ4n) is 1.72. The summed E-state index contributed by atoms with van der Waals surface area (Å²) in [6, 6.07) is 1.89. The monoisotopic (exact) mass is 203 g/mol. The van der Waals surface area contributed by atoms with Crippen LogP contribution in [0.3, 0.4) is 0 Å². The van der Waals surface area contributed by atoms with Gasteiger partial charge in [-0.05, 0) is 19.9 Å². The highest BCUT2D eigenvalue weighted by Gasteiger charge is 2.08. The van der Waals surface area contributed by atoms with Crippen molar-refractivity contribution in [3.8, 4) is 0 Å². The number of aromatic amines is 1. The topological polar surface area (TPSA) is 50.7 Å². The predicted octanol–water partition coefficient (Wildman–Crippen LogP) is 1.69. The molecule has 0 aromatic carbocycles. The van der Waals surface area contributed by atoms with E-state index >= 15 is 0 Å². The van der Waals surface area contributed by atoms with E-state index in [0.717, 1.165) is 29.1 Å². The lowest BCUT2D eigenvalue weighted by Gasteiger charge is -2.06. The number of aryl methyl sites for hydroxylation is 1. The molecule has 2 aromatic heterocycles. The molecule has 0 unspecified atom stereocenters. The van der Waals surface area contributed by atoms with Gasteiger partial charge >= 0.3 is 0 Å². The van der Waals surface area contributed by atoms with E-state index in [1.807, 2.05) is 19.9 Å². The van der Waals surface area contributed by atoms with E-state index in [0.29, 0.717) is 6.54 Å². The van der Waals surface area contributed by atoms with E-state index in [-0.39, 0.29) is 0 Å².